The predicted molar refractivity (Wildman–Crippen MR) is 126 cm³/mol. The van der Waals surface area contributed by atoms with Crippen molar-refractivity contribution >= 4 is 5.91 Å². The van der Waals surface area contributed by atoms with E-state index in [2.05, 4.69) is 31.3 Å². The molecular weight excluding hydrogens is 342 g/mol. The molecule has 0 bridgehead atoms. The Morgan fingerprint density at radius 3 is 1.54 bits per heavy atom. The Bertz CT molecular complexity index is 337. The number of hydrogen-bond acceptors (Lipinski definition) is 1. The first-order valence-electron chi connectivity index (χ1n) is 12.7. The summed E-state index contributed by atoms with van der Waals surface area (Å²) >= 11 is 0. The molecule has 0 aliphatic rings. The zero-order valence-corrected chi connectivity index (χ0v) is 19.4. The number of unbranched alkanes of at least 4 members (excludes halogenated alkanes) is 16. The van der Waals surface area contributed by atoms with Crippen LogP contribution in [-0.2, 0) is 4.79 Å². The van der Waals surface area contributed by atoms with Crippen LogP contribution in [0.1, 0.15) is 142 Å². The Kier molecular flexibility index (Phi) is 23.6. The van der Waals surface area contributed by atoms with Gasteiger partial charge in [-0.25, -0.2) is 0 Å². The molecule has 1 amide bonds. The maximum atomic E-state index is 11.8. The van der Waals surface area contributed by atoms with Gasteiger partial charge < -0.3 is 5.32 Å². The van der Waals surface area contributed by atoms with E-state index in [-0.39, 0.29) is 5.91 Å². The fourth-order valence-electron chi connectivity index (χ4n) is 3.58. The van der Waals surface area contributed by atoms with E-state index in [1.54, 1.807) is 0 Å². The third-order valence-electron chi connectivity index (χ3n) is 5.52. The minimum absolute atomic E-state index is 0.256. The standard InChI is InChI=1S/C26H51NO/c1-3-5-7-9-11-12-13-14-15-16-17-18-19-20-22-24-26(28)27-25-23-21-10-8-6-4-2/h14-15H,3-13,16-25H2,1-2H3,(H,27,28)/b15-14-. The van der Waals surface area contributed by atoms with Gasteiger partial charge in [-0.3, -0.25) is 4.79 Å². The van der Waals surface area contributed by atoms with Crippen molar-refractivity contribution in [2.24, 2.45) is 0 Å². The highest BCUT2D eigenvalue weighted by molar-refractivity contribution is 5.75. The van der Waals surface area contributed by atoms with Crippen molar-refractivity contribution < 1.29 is 4.79 Å². The van der Waals surface area contributed by atoms with E-state index in [1.807, 2.05) is 0 Å². The second kappa shape index (κ2) is 24.2. The molecule has 0 spiro atoms. The summed E-state index contributed by atoms with van der Waals surface area (Å²) < 4.78 is 0. The van der Waals surface area contributed by atoms with E-state index >= 15 is 0 Å². The number of allylic oxidation sites excluding steroid dienone is 2. The summed E-state index contributed by atoms with van der Waals surface area (Å²) in [4.78, 5) is 11.8. The first-order valence-corrected chi connectivity index (χ1v) is 12.7. The Labute approximate surface area is 177 Å². The predicted octanol–water partition coefficient (Wildman–Crippen LogP) is 8.50. The molecule has 0 atom stereocenters. The molecule has 0 aromatic heterocycles. The minimum Gasteiger partial charge on any atom is -0.356 e. The number of nitrogens with one attached hydrogen (secondary N) is 1. The molecule has 0 aliphatic heterocycles. The van der Waals surface area contributed by atoms with Crippen molar-refractivity contribution in [2.75, 3.05) is 6.54 Å². The maximum absolute atomic E-state index is 11.8. The van der Waals surface area contributed by atoms with Gasteiger partial charge in [-0.1, -0.05) is 109 Å². The van der Waals surface area contributed by atoms with Crippen molar-refractivity contribution in [3.8, 4) is 0 Å². The quantitative estimate of drug-likeness (QED) is 0.145. The molecule has 0 saturated carbocycles. The molecule has 0 saturated heterocycles. The van der Waals surface area contributed by atoms with Gasteiger partial charge in [0.15, 0.2) is 0 Å². The molecule has 0 aliphatic carbocycles. The molecule has 28 heavy (non-hydrogen) atoms. The first-order chi connectivity index (χ1) is 13.8. The van der Waals surface area contributed by atoms with Gasteiger partial charge in [0.2, 0.25) is 5.91 Å². The van der Waals surface area contributed by atoms with Gasteiger partial charge >= 0.3 is 0 Å². The highest BCUT2D eigenvalue weighted by Crippen LogP contribution is 2.10. The van der Waals surface area contributed by atoms with Gasteiger partial charge in [-0.15, -0.1) is 0 Å². The van der Waals surface area contributed by atoms with Crippen LogP contribution in [0.2, 0.25) is 0 Å². The SMILES string of the molecule is CCCCCCCC/C=C\CCCCCCCC(=O)NCCCCCCCC. The lowest BCUT2D eigenvalue weighted by atomic mass is 10.1. The molecule has 0 heterocycles. The molecule has 0 aromatic rings. The summed E-state index contributed by atoms with van der Waals surface area (Å²) in [6.45, 7) is 5.39. The number of hydrogen-bond donors (Lipinski definition) is 1. The largest absolute Gasteiger partial charge is 0.356 e. The molecule has 0 unspecified atom stereocenters. The Balaban J connectivity index is 3.19. The summed E-state index contributed by atoms with van der Waals surface area (Å²) in [6.07, 6.45) is 30.2. The fraction of sp³-hybridized carbons (Fsp3) is 0.885. The van der Waals surface area contributed by atoms with Crippen molar-refractivity contribution in [3.63, 3.8) is 0 Å². The van der Waals surface area contributed by atoms with E-state index in [0.29, 0.717) is 6.42 Å². The minimum atomic E-state index is 0.256. The molecule has 0 radical (unpaired) electrons. The van der Waals surface area contributed by atoms with Gasteiger partial charge in [-0.05, 0) is 38.5 Å². The van der Waals surface area contributed by atoms with Crippen LogP contribution in [0.25, 0.3) is 0 Å². The number of carbonyl (C=O) groups is 1. The van der Waals surface area contributed by atoms with Gasteiger partial charge in [-0.2, -0.15) is 0 Å². The van der Waals surface area contributed by atoms with Crippen molar-refractivity contribution in [1.29, 1.82) is 0 Å². The lowest BCUT2D eigenvalue weighted by Gasteiger charge is -2.05. The molecule has 1 N–H and O–H groups in total. The van der Waals surface area contributed by atoms with E-state index in [4.69, 9.17) is 0 Å². The van der Waals surface area contributed by atoms with Crippen molar-refractivity contribution in [3.05, 3.63) is 12.2 Å². The fourth-order valence-corrected chi connectivity index (χ4v) is 3.58. The summed E-state index contributed by atoms with van der Waals surface area (Å²) in [5, 5.41) is 3.08. The maximum Gasteiger partial charge on any atom is 0.219 e. The normalized spacial score (nSPS) is 11.4. The van der Waals surface area contributed by atoms with Crippen LogP contribution in [-0.4, -0.2) is 12.5 Å². The number of amides is 1. The zero-order chi connectivity index (χ0) is 20.5. The molecule has 2 heteroatoms. The zero-order valence-electron chi connectivity index (χ0n) is 19.4. The van der Waals surface area contributed by atoms with E-state index in [0.717, 1.165) is 19.4 Å². The number of carbonyl (C=O) groups excluding carboxylic acids is 1. The van der Waals surface area contributed by atoms with Gasteiger partial charge in [0, 0.05) is 13.0 Å². The van der Waals surface area contributed by atoms with Crippen molar-refractivity contribution in [2.45, 2.75) is 142 Å². The second-order valence-electron chi connectivity index (χ2n) is 8.45. The van der Waals surface area contributed by atoms with Gasteiger partial charge in [0.1, 0.15) is 0 Å². The first kappa shape index (κ1) is 27.2. The third kappa shape index (κ3) is 23.2. The van der Waals surface area contributed by atoms with E-state index in [9.17, 15) is 4.79 Å². The lowest BCUT2D eigenvalue weighted by Crippen LogP contribution is -2.23. The Morgan fingerprint density at radius 1 is 0.571 bits per heavy atom. The second-order valence-corrected chi connectivity index (χ2v) is 8.45. The van der Waals surface area contributed by atoms with Crippen LogP contribution in [0.15, 0.2) is 12.2 Å². The smallest absolute Gasteiger partial charge is 0.219 e. The van der Waals surface area contributed by atoms with Crippen molar-refractivity contribution in [1.82, 2.24) is 5.32 Å². The van der Waals surface area contributed by atoms with Crippen LogP contribution in [0, 0.1) is 0 Å². The van der Waals surface area contributed by atoms with E-state index < -0.39 is 0 Å². The van der Waals surface area contributed by atoms with Crippen LogP contribution < -0.4 is 5.32 Å². The summed E-state index contributed by atoms with van der Waals surface area (Å²) in [5.41, 5.74) is 0. The van der Waals surface area contributed by atoms with Crippen LogP contribution in [0.4, 0.5) is 0 Å². The highest BCUT2D eigenvalue weighted by Gasteiger charge is 2.00. The molecule has 0 rings (SSSR count). The van der Waals surface area contributed by atoms with E-state index in [1.165, 1.54) is 109 Å². The number of rotatable bonds is 22. The van der Waals surface area contributed by atoms with Crippen LogP contribution >= 0.6 is 0 Å². The lowest BCUT2D eigenvalue weighted by molar-refractivity contribution is -0.121. The summed E-state index contributed by atoms with van der Waals surface area (Å²) in [5.74, 6) is 0.256. The third-order valence-corrected chi connectivity index (χ3v) is 5.52. The molecule has 2 nitrogen and oxygen atoms in total. The average molecular weight is 394 g/mol. The molecule has 0 fully saturated rings. The Hall–Kier alpha value is -0.790. The average Bonchev–Trinajstić information content (AvgIpc) is 2.70. The van der Waals surface area contributed by atoms with Gasteiger partial charge in [0.05, 0.1) is 0 Å². The highest BCUT2D eigenvalue weighted by atomic mass is 16.1. The topological polar surface area (TPSA) is 29.1 Å². The van der Waals surface area contributed by atoms with Gasteiger partial charge in [0.25, 0.3) is 0 Å². The summed E-state index contributed by atoms with van der Waals surface area (Å²) in [7, 11) is 0. The van der Waals surface area contributed by atoms with Crippen LogP contribution in [0.5, 0.6) is 0 Å². The van der Waals surface area contributed by atoms with Crippen LogP contribution in [0.3, 0.4) is 0 Å². The monoisotopic (exact) mass is 393 g/mol. The molecule has 166 valence electrons. The Morgan fingerprint density at radius 2 is 1.00 bits per heavy atom. The molecule has 0 aromatic carbocycles. The molecular formula is C26H51NO. The summed E-state index contributed by atoms with van der Waals surface area (Å²) in [6, 6.07) is 0.